The fourth-order valence-electron chi connectivity index (χ4n) is 2.47. The van der Waals surface area contributed by atoms with E-state index < -0.39 is 5.95 Å². The van der Waals surface area contributed by atoms with Crippen molar-refractivity contribution in [3.05, 3.63) is 70.7 Å². The van der Waals surface area contributed by atoms with E-state index in [4.69, 9.17) is 27.9 Å². The summed E-state index contributed by atoms with van der Waals surface area (Å²) in [4.78, 5) is 3.58. The highest BCUT2D eigenvalue weighted by Crippen LogP contribution is 2.41. The zero-order valence-electron chi connectivity index (χ0n) is 12.2. The molecule has 0 saturated heterocycles. The number of ether oxygens (including phenoxy) is 1. The molecule has 0 saturated carbocycles. The zero-order valence-corrected chi connectivity index (χ0v) is 13.7. The summed E-state index contributed by atoms with van der Waals surface area (Å²) in [6.45, 7) is 0. The van der Waals surface area contributed by atoms with E-state index in [0.717, 1.165) is 11.1 Å². The molecule has 0 unspecified atom stereocenters. The van der Waals surface area contributed by atoms with Crippen LogP contribution in [0.3, 0.4) is 0 Å². The van der Waals surface area contributed by atoms with Gasteiger partial charge in [-0.2, -0.15) is 4.39 Å². The van der Waals surface area contributed by atoms with Crippen LogP contribution in [0, 0.1) is 5.95 Å². The van der Waals surface area contributed by atoms with Crippen molar-refractivity contribution in [3.8, 4) is 28.0 Å². The minimum absolute atomic E-state index is 0.521. The van der Waals surface area contributed by atoms with Crippen molar-refractivity contribution < 1.29 is 9.13 Å². The van der Waals surface area contributed by atoms with Crippen LogP contribution in [0.15, 0.2) is 54.7 Å². The van der Waals surface area contributed by atoms with Gasteiger partial charge in [-0.05, 0) is 41.5 Å². The van der Waals surface area contributed by atoms with Gasteiger partial charge in [0.2, 0.25) is 5.95 Å². The summed E-state index contributed by atoms with van der Waals surface area (Å²) in [5, 5.41) is 1.13. The third-order valence-electron chi connectivity index (χ3n) is 3.43. The van der Waals surface area contributed by atoms with E-state index >= 15 is 0 Å². The lowest BCUT2D eigenvalue weighted by Crippen LogP contribution is -1.93. The first-order valence-electron chi connectivity index (χ1n) is 6.84. The largest absolute Gasteiger partial charge is 0.495 e. The van der Waals surface area contributed by atoms with Gasteiger partial charge in [-0.15, -0.1) is 0 Å². The summed E-state index contributed by atoms with van der Waals surface area (Å²) in [6.07, 6.45) is 1.41. The van der Waals surface area contributed by atoms with Gasteiger partial charge in [0.25, 0.3) is 0 Å². The number of hydrogen-bond acceptors (Lipinski definition) is 2. The quantitative estimate of drug-likeness (QED) is 0.552. The lowest BCUT2D eigenvalue weighted by atomic mass is 9.97. The van der Waals surface area contributed by atoms with Gasteiger partial charge in [0.05, 0.1) is 7.11 Å². The Labute approximate surface area is 143 Å². The van der Waals surface area contributed by atoms with E-state index in [1.165, 1.54) is 12.3 Å². The second-order valence-corrected chi connectivity index (χ2v) is 5.78. The zero-order chi connectivity index (χ0) is 16.4. The van der Waals surface area contributed by atoms with Crippen LogP contribution in [0.5, 0.6) is 5.75 Å². The predicted molar refractivity (Wildman–Crippen MR) is 91.6 cm³/mol. The third-order valence-corrected chi connectivity index (χ3v) is 3.88. The first-order chi connectivity index (χ1) is 11.1. The Morgan fingerprint density at radius 3 is 2.22 bits per heavy atom. The van der Waals surface area contributed by atoms with Gasteiger partial charge in [-0.3, -0.25) is 0 Å². The number of halogens is 3. The topological polar surface area (TPSA) is 22.1 Å². The molecule has 23 heavy (non-hydrogen) atoms. The Kier molecular flexibility index (Phi) is 4.51. The molecule has 3 rings (SSSR count). The molecule has 1 aromatic heterocycles. The Bertz CT molecular complexity index is 801. The van der Waals surface area contributed by atoms with E-state index in [1.54, 1.807) is 31.4 Å². The average Bonchev–Trinajstić information content (AvgIpc) is 2.54. The van der Waals surface area contributed by atoms with Gasteiger partial charge in [0, 0.05) is 33.4 Å². The lowest BCUT2D eigenvalue weighted by molar-refractivity contribution is 0.418. The molecule has 0 aliphatic rings. The van der Waals surface area contributed by atoms with Gasteiger partial charge in [0.15, 0.2) is 0 Å². The van der Waals surface area contributed by atoms with Crippen LogP contribution < -0.4 is 4.74 Å². The second-order valence-electron chi connectivity index (χ2n) is 4.91. The summed E-state index contributed by atoms with van der Waals surface area (Å²) < 4.78 is 19.0. The van der Waals surface area contributed by atoms with E-state index in [-0.39, 0.29) is 0 Å². The maximum Gasteiger partial charge on any atom is 0.213 e. The number of hydrogen-bond donors (Lipinski definition) is 0. The molecule has 0 bridgehead atoms. The Balaban J connectivity index is 2.26. The van der Waals surface area contributed by atoms with Crippen LogP contribution in [0.1, 0.15) is 0 Å². The maximum atomic E-state index is 13.5. The molecule has 0 radical (unpaired) electrons. The van der Waals surface area contributed by atoms with Crippen molar-refractivity contribution in [1.82, 2.24) is 4.98 Å². The highest BCUT2D eigenvalue weighted by Gasteiger charge is 2.15. The van der Waals surface area contributed by atoms with Gasteiger partial charge in [-0.1, -0.05) is 35.3 Å². The van der Waals surface area contributed by atoms with Gasteiger partial charge >= 0.3 is 0 Å². The SMILES string of the molecule is COc1c(-c2cccc(Cl)c2)cc(Cl)cc1-c1ccnc(F)c1. The highest BCUT2D eigenvalue weighted by atomic mass is 35.5. The molecule has 0 fully saturated rings. The monoisotopic (exact) mass is 347 g/mol. The smallest absolute Gasteiger partial charge is 0.213 e. The number of pyridine rings is 1. The molecule has 0 amide bonds. The molecular formula is C18H12Cl2FNO. The van der Waals surface area contributed by atoms with E-state index in [0.29, 0.717) is 26.9 Å². The molecule has 5 heteroatoms. The van der Waals surface area contributed by atoms with Crippen molar-refractivity contribution in [2.45, 2.75) is 0 Å². The first kappa shape index (κ1) is 15.8. The van der Waals surface area contributed by atoms with Crippen LogP contribution in [0.25, 0.3) is 22.3 Å². The van der Waals surface area contributed by atoms with E-state index in [2.05, 4.69) is 4.98 Å². The molecule has 2 aromatic carbocycles. The minimum Gasteiger partial charge on any atom is -0.495 e. The normalized spacial score (nSPS) is 10.6. The molecular weight excluding hydrogens is 336 g/mol. The standard InChI is InChI=1S/C18H12Cl2FNO/c1-23-18-15(11-3-2-4-13(19)7-11)9-14(20)10-16(18)12-5-6-22-17(21)8-12/h2-10H,1H3. The van der Waals surface area contributed by atoms with Gasteiger partial charge in [0.1, 0.15) is 5.75 Å². The van der Waals surface area contributed by atoms with Crippen LogP contribution in [-0.4, -0.2) is 12.1 Å². The molecule has 116 valence electrons. The van der Waals surface area contributed by atoms with Crippen molar-refractivity contribution >= 4 is 23.2 Å². The number of aromatic nitrogens is 1. The Morgan fingerprint density at radius 1 is 0.913 bits per heavy atom. The predicted octanol–water partition coefficient (Wildman–Crippen LogP) is 5.87. The summed E-state index contributed by atoms with van der Waals surface area (Å²) >= 11 is 12.3. The highest BCUT2D eigenvalue weighted by molar-refractivity contribution is 6.32. The lowest BCUT2D eigenvalue weighted by Gasteiger charge is -2.15. The van der Waals surface area contributed by atoms with Crippen molar-refractivity contribution in [2.24, 2.45) is 0 Å². The molecule has 0 aliphatic heterocycles. The van der Waals surface area contributed by atoms with Crippen molar-refractivity contribution in [3.63, 3.8) is 0 Å². The number of benzene rings is 2. The summed E-state index contributed by atoms with van der Waals surface area (Å²) in [5.74, 6) is 0.0381. The summed E-state index contributed by atoms with van der Waals surface area (Å²) in [7, 11) is 1.57. The molecule has 0 atom stereocenters. The molecule has 0 N–H and O–H groups in total. The fourth-order valence-corrected chi connectivity index (χ4v) is 2.88. The van der Waals surface area contributed by atoms with Crippen LogP contribution >= 0.6 is 23.2 Å². The van der Waals surface area contributed by atoms with Crippen molar-refractivity contribution in [1.29, 1.82) is 0 Å². The van der Waals surface area contributed by atoms with Crippen LogP contribution in [-0.2, 0) is 0 Å². The van der Waals surface area contributed by atoms with Crippen LogP contribution in [0.2, 0.25) is 10.0 Å². The Hall–Kier alpha value is -2.10. The number of rotatable bonds is 3. The molecule has 1 heterocycles. The molecule has 0 spiro atoms. The second kappa shape index (κ2) is 6.57. The fraction of sp³-hybridized carbons (Fsp3) is 0.0556. The number of methoxy groups -OCH3 is 1. The van der Waals surface area contributed by atoms with Crippen LogP contribution in [0.4, 0.5) is 4.39 Å². The molecule has 2 nitrogen and oxygen atoms in total. The maximum absolute atomic E-state index is 13.5. The molecule has 0 aliphatic carbocycles. The summed E-state index contributed by atoms with van der Waals surface area (Å²) in [5.41, 5.74) is 2.98. The van der Waals surface area contributed by atoms with Gasteiger partial charge in [-0.25, -0.2) is 4.98 Å². The van der Waals surface area contributed by atoms with E-state index in [9.17, 15) is 4.39 Å². The Morgan fingerprint density at radius 2 is 1.61 bits per heavy atom. The summed E-state index contributed by atoms with van der Waals surface area (Å²) in [6, 6.07) is 14.0. The minimum atomic E-state index is -0.561. The first-order valence-corrected chi connectivity index (χ1v) is 7.59. The van der Waals surface area contributed by atoms with E-state index in [1.807, 2.05) is 18.2 Å². The van der Waals surface area contributed by atoms with Crippen molar-refractivity contribution in [2.75, 3.05) is 7.11 Å². The molecule has 3 aromatic rings. The third kappa shape index (κ3) is 3.31. The number of nitrogens with zero attached hydrogens (tertiary/aromatic N) is 1. The average molecular weight is 348 g/mol. The van der Waals surface area contributed by atoms with Gasteiger partial charge < -0.3 is 4.74 Å².